The number of rotatable bonds is 14. The largest absolute Gasteiger partial charge is 0.495 e. The molecule has 0 amide bonds. The maximum atomic E-state index is 7.16. The van der Waals surface area contributed by atoms with E-state index in [1.807, 2.05) is 84.9 Å². The molecule has 1 aliphatic rings. The highest BCUT2D eigenvalue weighted by Gasteiger charge is 2.52. The molecule has 0 unspecified atom stereocenters. The molecule has 134 heavy (non-hydrogen) atoms. The lowest BCUT2D eigenvalue weighted by Crippen LogP contribution is -2.41. The number of benzene rings is 18. The minimum Gasteiger partial charge on any atom is -0.455 e. The van der Waals surface area contributed by atoms with Crippen LogP contribution in [0.4, 0.5) is 0 Å². The van der Waals surface area contributed by atoms with E-state index in [4.69, 9.17) is 49.7 Å². The highest BCUT2D eigenvalue weighted by Crippen LogP contribution is 2.49. The maximum absolute atomic E-state index is 7.16. The Morgan fingerprint density at radius 3 is 0.948 bits per heavy atom. The first-order valence-electron chi connectivity index (χ1n) is 45.1. The van der Waals surface area contributed by atoms with E-state index in [1.54, 1.807) is 0 Å². The van der Waals surface area contributed by atoms with Gasteiger partial charge in [0.2, 0.25) is 5.28 Å². The molecule has 0 N–H and O–H groups in total. The van der Waals surface area contributed by atoms with Crippen LogP contribution in [-0.2, 0) is 9.31 Å². The van der Waals surface area contributed by atoms with E-state index in [2.05, 4.69) is 399 Å². The Hall–Kier alpha value is -16.5. The van der Waals surface area contributed by atoms with Crippen LogP contribution in [-0.4, -0.2) is 57.4 Å². The van der Waals surface area contributed by atoms with Crippen LogP contribution < -0.4 is 5.46 Å². The Bertz CT molecular complexity index is 8530. The molecule has 25 rings (SSSR count). The molecule has 0 radical (unpaired) electrons. The molecule has 0 bridgehead atoms. The van der Waals surface area contributed by atoms with Crippen molar-refractivity contribution in [3.63, 3.8) is 0 Å². The molecule has 0 aliphatic carbocycles. The van der Waals surface area contributed by atoms with Gasteiger partial charge in [0.15, 0.2) is 29.1 Å². The van der Waals surface area contributed by atoms with E-state index < -0.39 is 18.3 Å². The van der Waals surface area contributed by atoms with Crippen LogP contribution in [0, 0.1) is 0 Å². The van der Waals surface area contributed by atoms with E-state index >= 15 is 0 Å². The molecule has 0 spiro atoms. The highest BCUT2D eigenvalue weighted by molar-refractivity contribution is 6.66. The Morgan fingerprint density at radius 1 is 0.224 bits per heavy atom. The predicted molar refractivity (Wildman–Crippen MR) is 550 cm³/mol. The summed E-state index contributed by atoms with van der Waals surface area (Å²) in [4.78, 5) is 29.4. The van der Waals surface area contributed by atoms with Crippen molar-refractivity contribution in [1.29, 1.82) is 0 Å². The van der Waals surface area contributed by atoms with Gasteiger partial charge in [-0.05, 0) is 174 Å². The molecule has 12 nitrogen and oxygen atoms in total. The van der Waals surface area contributed by atoms with E-state index in [0.717, 1.165) is 183 Å². The normalized spacial score (nSPS) is 12.9. The van der Waals surface area contributed by atoms with E-state index in [1.165, 1.54) is 16.2 Å². The summed E-state index contributed by atoms with van der Waals surface area (Å²) in [6.07, 6.45) is 0. The smallest absolute Gasteiger partial charge is 0.455 e. The van der Waals surface area contributed by atoms with Crippen molar-refractivity contribution < 1.29 is 18.1 Å². The lowest BCUT2D eigenvalue weighted by molar-refractivity contribution is 0.00578. The van der Waals surface area contributed by atoms with Crippen LogP contribution in [0.2, 0.25) is 5.28 Å². The number of hydrogen-bond donors (Lipinski definition) is 0. The summed E-state index contributed by atoms with van der Waals surface area (Å²) in [6.45, 7) is 8.38. The van der Waals surface area contributed by atoms with Gasteiger partial charge in [0.25, 0.3) is 0 Å². The molecular formula is C120H84BClN8O4. The van der Waals surface area contributed by atoms with Gasteiger partial charge < -0.3 is 27.3 Å². The monoisotopic (exact) mass is 1750 g/mol. The molecule has 7 heterocycles. The lowest BCUT2D eigenvalue weighted by atomic mass is 9.75. The van der Waals surface area contributed by atoms with Crippen molar-refractivity contribution in [3.8, 4) is 135 Å². The van der Waals surface area contributed by atoms with Crippen LogP contribution >= 0.6 is 11.6 Å². The summed E-state index contributed by atoms with van der Waals surface area (Å²) >= 11 is 6.29. The zero-order valence-corrected chi connectivity index (χ0v) is 74.5. The number of nitrogens with zero attached hydrogens (tertiary/aromatic N) is 8. The maximum Gasteiger partial charge on any atom is 0.495 e. The van der Waals surface area contributed by atoms with Crippen molar-refractivity contribution in [1.82, 2.24) is 39.0 Å². The van der Waals surface area contributed by atoms with Gasteiger partial charge >= 0.3 is 7.12 Å². The SMILES string of the molecule is CC1(C)OB(c2ccc(-c3ccccc3)c3oc4c(-c5ccccc5)cc(-c5ccccc5)cc4c23)OC1(C)C.Clc1nc(-c2ccccc2)nc(-c2ccc3c4ccccc4n(-c4ccccc4)c3c2)n1.c1ccc(-c2cc(-c3ccccc3)c3oc4c(-c5ccccc5)ccc(-c5nc(-c6ccccc6)nc(-c6ccc7c8ccccc8n(-c8ccccc8)c7c6)n5)c4c3c2)cc1. The summed E-state index contributed by atoms with van der Waals surface area (Å²) in [7, 11) is -0.515. The second kappa shape index (κ2) is 34.4. The Morgan fingerprint density at radius 2 is 0.530 bits per heavy atom. The average molecular weight is 1750 g/mol. The second-order valence-corrected chi connectivity index (χ2v) is 35.0. The van der Waals surface area contributed by atoms with Gasteiger partial charge in [-0.2, -0.15) is 9.97 Å². The van der Waals surface area contributed by atoms with Crippen molar-refractivity contribution in [2.75, 3.05) is 0 Å². The molecule has 0 saturated carbocycles. The minimum atomic E-state index is -0.515. The van der Waals surface area contributed by atoms with Crippen molar-refractivity contribution in [3.05, 3.63) is 442 Å². The summed E-state index contributed by atoms with van der Waals surface area (Å²) in [5.74, 6) is 2.86. The number of halogens is 1. The van der Waals surface area contributed by atoms with E-state index in [9.17, 15) is 0 Å². The van der Waals surface area contributed by atoms with Crippen LogP contribution in [0.5, 0.6) is 0 Å². The first-order valence-corrected chi connectivity index (χ1v) is 45.4. The van der Waals surface area contributed by atoms with Gasteiger partial charge in [-0.1, -0.05) is 352 Å². The third-order valence-corrected chi connectivity index (χ3v) is 26.1. The quantitative estimate of drug-likeness (QED) is 0.0970. The Balaban J connectivity index is 0.000000121. The predicted octanol–water partition coefficient (Wildman–Crippen LogP) is 30.7. The average Bonchev–Trinajstić information content (AvgIpc) is 1.57. The van der Waals surface area contributed by atoms with Gasteiger partial charge in [0.1, 0.15) is 22.3 Å². The fourth-order valence-electron chi connectivity index (χ4n) is 18.8. The van der Waals surface area contributed by atoms with Crippen molar-refractivity contribution >= 4 is 112 Å². The Kier molecular flexibility index (Phi) is 21.0. The number of hydrogen-bond acceptors (Lipinski definition) is 10. The summed E-state index contributed by atoms with van der Waals surface area (Å²) in [5, 5.41) is 8.94. The summed E-state index contributed by atoms with van der Waals surface area (Å²) in [5.41, 5.74) is 27.5. The number of para-hydroxylation sites is 4. The first kappa shape index (κ1) is 81.9. The molecule has 14 heteroatoms. The third kappa shape index (κ3) is 15.1. The molecule has 0 atom stereocenters. The highest BCUT2D eigenvalue weighted by atomic mass is 35.5. The van der Waals surface area contributed by atoms with Crippen LogP contribution in [0.25, 0.3) is 223 Å². The molecule has 1 aliphatic heterocycles. The van der Waals surface area contributed by atoms with Crippen molar-refractivity contribution in [2.45, 2.75) is 38.9 Å². The zero-order valence-electron chi connectivity index (χ0n) is 73.7. The van der Waals surface area contributed by atoms with Gasteiger partial charge in [0, 0.05) is 105 Å². The summed E-state index contributed by atoms with van der Waals surface area (Å²) in [6, 6.07) is 151. The lowest BCUT2D eigenvalue weighted by Gasteiger charge is -2.32. The van der Waals surface area contributed by atoms with Crippen molar-refractivity contribution in [2.24, 2.45) is 0 Å². The molecule has 1 fully saturated rings. The van der Waals surface area contributed by atoms with Gasteiger partial charge in [-0.25, -0.2) is 19.9 Å². The first-order chi connectivity index (χ1) is 65.8. The standard InChI is InChI=1S/C57H36N4O.C36H31BO3.C27H17ClN4/c1-6-18-37(19-7-1)42-34-48(39-22-10-3-11-23-39)53-49(35-42)52-47(33-32-44(54(52)62-53)38-20-8-2-9-21-38)57-59-55(40-24-12-4-13-25-40)58-56(60-57)41-30-31-46-45-28-16-17-29-50(45)61(51(46)36-41)43-26-14-5-15-27-43;1-35(2)36(3,4)40-37(39-35)31-21-20-28(25-16-10-6-11-17-25)34-32(31)30-23-27(24-14-8-5-9-15-24)22-29(33(30)38-34)26-18-12-7-13-19-26;28-27-30-25(18-9-3-1-4-10-18)29-26(31-27)19-15-16-22-21-13-7-8-14-23(21)32(24(22)17-19)20-11-5-2-6-12-20/h1-36H;5-23H,1-4H3;1-17H. The minimum absolute atomic E-state index is 0.178. The molecule has 1 saturated heterocycles. The molecule has 24 aromatic rings. The number of furan rings is 2. The number of fused-ring (bicyclic) bond motifs is 12. The second-order valence-electron chi connectivity index (χ2n) is 34.7. The van der Waals surface area contributed by atoms with Crippen LogP contribution in [0.3, 0.4) is 0 Å². The molecular weight excluding hydrogens is 1660 g/mol. The number of aromatic nitrogens is 8. The Labute approximate surface area is 779 Å². The third-order valence-electron chi connectivity index (χ3n) is 26.0. The van der Waals surface area contributed by atoms with Gasteiger partial charge in [0.05, 0.1) is 33.3 Å². The van der Waals surface area contributed by atoms with Gasteiger partial charge in [-0.3, -0.25) is 0 Å². The van der Waals surface area contributed by atoms with E-state index in [-0.39, 0.29) is 5.28 Å². The van der Waals surface area contributed by atoms with E-state index in [0.29, 0.717) is 29.1 Å². The molecule has 18 aromatic carbocycles. The summed E-state index contributed by atoms with van der Waals surface area (Å²) < 4.78 is 31.8. The van der Waals surface area contributed by atoms with Crippen LogP contribution in [0.1, 0.15) is 27.7 Å². The fourth-order valence-corrected chi connectivity index (χ4v) is 18.9. The van der Waals surface area contributed by atoms with Gasteiger partial charge in [-0.15, -0.1) is 0 Å². The zero-order chi connectivity index (χ0) is 90.0. The fraction of sp³-hybridized carbons (Fsp3) is 0.0500. The molecule has 638 valence electrons. The topological polar surface area (TPSA) is 132 Å². The molecule has 6 aromatic heterocycles. The van der Waals surface area contributed by atoms with Crippen LogP contribution in [0.15, 0.2) is 446 Å².